The number of nitrogens with zero attached hydrogens (tertiary/aromatic N) is 4. The number of aryl methyl sites for hydroxylation is 1. The van der Waals surface area contributed by atoms with Gasteiger partial charge < -0.3 is 10.5 Å². The van der Waals surface area contributed by atoms with Crippen molar-refractivity contribution in [2.24, 2.45) is 5.73 Å². The Morgan fingerprint density at radius 2 is 1.79 bits per heavy atom. The van der Waals surface area contributed by atoms with Gasteiger partial charge in [-0.1, -0.05) is 17.7 Å². The number of amides is 1. The van der Waals surface area contributed by atoms with Crippen LogP contribution >= 0.6 is 0 Å². The minimum atomic E-state index is -0.645. The van der Waals surface area contributed by atoms with Gasteiger partial charge in [0.1, 0.15) is 17.6 Å². The van der Waals surface area contributed by atoms with Crippen molar-refractivity contribution < 1.29 is 9.53 Å². The van der Waals surface area contributed by atoms with E-state index in [-0.39, 0.29) is 5.69 Å². The van der Waals surface area contributed by atoms with Crippen molar-refractivity contribution in [2.45, 2.75) is 13.8 Å². The van der Waals surface area contributed by atoms with Crippen LogP contribution in [0.5, 0.6) is 5.75 Å². The molecule has 0 fully saturated rings. The van der Waals surface area contributed by atoms with Crippen molar-refractivity contribution in [3.8, 4) is 22.8 Å². The standard InChI is InChI=1S/C21H19N5O2/c1-3-28-16-10-6-14(7-11-16)20-24-17(19(22)27)18-21(25-20)26(12-23-18)15-8-4-13(2)5-9-15/h4-12H,3H2,1-2H3,(H2,22,27). The zero-order valence-electron chi connectivity index (χ0n) is 15.6. The second-order valence-electron chi connectivity index (χ2n) is 6.34. The maximum atomic E-state index is 12.0. The predicted molar refractivity (Wildman–Crippen MR) is 107 cm³/mol. The number of nitrogens with two attached hydrogens (primary N) is 1. The first-order chi connectivity index (χ1) is 13.6. The fourth-order valence-electron chi connectivity index (χ4n) is 2.96. The lowest BCUT2D eigenvalue weighted by molar-refractivity contribution is 0.0997. The molecule has 0 saturated heterocycles. The van der Waals surface area contributed by atoms with Crippen LogP contribution in [-0.2, 0) is 0 Å². The van der Waals surface area contributed by atoms with E-state index in [9.17, 15) is 4.79 Å². The number of rotatable bonds is 5. The number of carbonyl (C=O) groups excluding carboxylic acids is 1. The topological polar surface area (TPSA) is 95.9 Å². The predicted octanol–water partition coefficient (Wildman–Crippen LogP) is 3.29. The van der Waals surface area contributed by atoms with E-state index in [4.69, 9.17) is 10.5 Å². The highest BCUT2D eigenvalue weighted by atomic mass is 16.5. The summed E-state index contributed by atoms with van der Waals surface area (Å²) in [5.41, 5.74) is 9.35. The van der Waals surface area contributed by atoms with Crippen molar-refractivity contribution in [1.29, 1.82) is 0 Å². The van der Waals surface area contributed by atoms with Gasteiger partial charge in [0.25, 0.3) is 5.91 Å². The van der Waals surface area contributed by atoms with Crippen molar-refractivity contribution in [3.63, 3.8) is 0 Å². The third-order valence-electron chi connectivity index (χ3n) is 4.37. The quantitative estimate of drug-likeness (QED) is 0.579. The molecule has 7 heteroatoms. The first kappa shape index (κ1) is 17.7. The summed E-state index contributed by atoms with van der Waals surface area (Å²) < 4.78 is 7.29. The Morgan fingerprint density at radius 1 is 1.07 bits per heavy atom. The van der Waals surface area contributed by atoms with Crippen molar-refractivity contribution >= 4 is 17.1 Å². The Bertz CT molecular complexity index is 1150. The highest BCUT2D eigenvalue weighted by Gasteiger charge is 2.18. The molecule has 0 saturated carbocycles. The lowest BCUT2D eigenvalue weighted by atomic mass is 10.2. The summed E-state index contributed by atoms with van der Waals surface area (Å²) in [6.45, 7) is 4.53. The van der Waals surface area contributed by atoms with Gasteiger partial charge in [0.2, 0.25) is 0 Å². The van der Waals surface area contributed by atoms with Crippen molar-refractivity contribution in [3.05, 3.63) is 66.1 Å². The average Bonchev–Trinajstić information content (AvgIpc) is 3.12. The molecule has 140 valence electrons. The number of fused-ring (bicyclic) bond motifs is 1. The van der Waals surface area contributed by atoms with Crippen LogP contribution in [-0.4, -0.2) is 32.0 Å². The number of hydrogen-bond acceptors (Lipinski definition) is 5. The van der Waals surface area contributed by atoms with Gasteiger partial charge >= 0.3 is 0 Å². The Labute approximate surface area is 161 Å². The van der Waals surface area contributed by atoms with E-state index in [1.807, 2.05) is 66.9 Å². The summed E-state index contributed by atoms with van der Waals surface area (Å²) in [5, 5.41) is 0. The van der Waals surface area contributed by atoms with E-state index in [1.54, 1.807) is 6.33 Å². The van der Waals surface area contributed by atoms with Crippen LogP contribution in [0, 0.1) is 6.92 Å². The largest absolute Gasteiger partial charge is 0.494 e. The van der Waals surface area contributed by atoms with E-state index in [0.717, 1.165) is 22.6 Å². The monoisotopic (exact) mass is 373 g/mol. The Kier molecular flexibility index (Phi) is 4.49. The maximum Gasteiger partial charge on any atom is 0.269 e. The molecule has 7 nitrogen and oxygen atoms in total. The first-order valence-electron chi connectivity index (χ1n) is 8.92. The molecule has 0 radical (unpaired) electrons. The molecule has 0 aliphatic rings. The molecular weight excluding hydrogens is 354 g/mol. The van der Waals surface area contributed by atoms with E-state index in [1.165, 1.54) is 0 Å². The van der Waals surface area contributed by atoms with Gasteiger partial charge in [0.15, 0.2) is 17.2 Å². The highest BCUT2D eigenvalue weighted by Crippen LogP contribution is 2.25. The normalized spacial score (nSPS) is 10.9. The zero-order valence-corrected chi connectivity index (χ0v) is 15.6. The molecule has 1 amide bonds. The summed E-state index contributed by atoms with van der Waals surface area (Å²) in [4.78, 5) is 25.3. The maximum absolute atomic E-state index is 12.0. The van der Waals surface area contributed by atoms with E-state index < -0.39 is 5.91 Å². The van der Waals surface area contributed by atoms with Gasteiger partial charge in [-0.3, -0.25) is 9.36 Å². The van der Waals surface area contributed by atoms with Crippen LogP contribution in [0.15, 0.2) is 54.9 Å². The van der Waals surface area contributed by atoms with Gasteiger partial charge in [-0.2, -0.15) is 0 Å². The molecule has 28 heavy (non-hydrogen) atoms. The molecule has 2 heterocycles. The summed E-state index contributed by atoms with van der Waals surface area (Å²) in [6.07, 6.45) is 1.62. The Morgan fingerprint density at radius 3 is 2.43 bits per heavy atom. The van der Waals surface area contributed by atoms with Crippen molar-refractivity contribution in [1.82, 2.24) is 19.5 Å². The van der Waals surface area contributed by atoms with Gasteiger partial charge in [-0.15, -0.1) is 0 Å². The Hall–Kier alpha value is -3.74. The van der Waals surface area contributed by atoms with E-state index >= 15 is 0 Å². The van der Waals surface area contributed by atoms with E-state index in [2.05, 4.69) is 15.0 Å². The molecule has 4 aromatic rings. The van der Waals surface area contributed by atoms with E-state index in [0.29, 0.717) is 23.6 Å². The first-order valence-corrected chi connectivity index (χ1v) is 8.92. The molecule has 2 N–H and O–H groups in total. The lowest BCUT2D eigenvalue weighted by Crippen LogP contribution is -2.15. The van der Waals surface area contributed by atoms with Gasteiger partial charge in [-0.25, -0.2) is 15.0 Å². The van der Waals surface area contributed by atoms with Crippen molar-refractivity contribution in [2.75, 3.05) is 6.61 Å². The highest BCUT2D eigenvalue weighted by molar-refractivity contribution is 6.02. The number of ether oxygens (including phenoxy) is 1. The second kappa shape index (κ2) is 7.11. The third kappa shape index (κ3) is 3.18. The van der Waals surface area contributed by atoms with Gasteiger partial charge in [-0.05, 0) is 50.2 Å². The van der Waals surface area contributed by atoms with Crippen LogP contribution < -0.4 is 10.5 Å². The van der Waals surface area contributed by atoms with Crippen LogP contribution in [0.1, 0.15) is 23.0 Å². The van der Waals surface area contributed by atoms with Crippen LogP contribution in [0.4, 0.5) is 0 Å². The molecule has 0 spiro atoms. The molecule has 2 aromatic heterocycles. The summed E-state index contributed by atoms with van der Waals surface area (Å²) in [5.74, 6) is 0.513. The molecule has 0 unspecified atom stereocenters. The summed E-state index contributed by atoms with van der Waals surface area (Å²) >= 11 is 0. The number of aromatic nitrogens is 4. The van der Waals surface area contributed by atoms with Crippen LogP contribution in [0.25, 0.3) is 28.2 Å². The fourth-order valence-corrected chi connectivity index (χ4v) is 2.96. The minimum absolute atomic E-state index is 0.0970. The molecule has 2 aromatic carbocycles. The molecule has 0 aliphatic carbocycles. The molecule has 0 bridgehead atoms. The summed E-state index contributed by atoms with van der Waals surface area (Å²) in [7, 11) is 0. The average molecular weight is 373 g/mol. The van der Waals surface area contributed by atoms with Crippen LogP contribution in [0.2, 0.25) is 0 Å². The second-order valence-corrected chi connectivity index (χ2v) is 6.34. The summed E-state index contributed by atoms with van der Waals surface area (Å²) in [6, 6.07) is 15.3. The smallest absolute Gasteiger partial charge is 0.269 e. The number of benzene rings is 2. The van der Waals surface area contributed by atoms with Crippen LogP contribution in [0.3, 0.4) is 0 Å². The fraction of sp³-hybridized carbons (Fsp3) is 0.143. The molecule has 0 atom stereocenters. The van der Waals surface area contributed by atoms with Gasteiger partial charge in [0.05, 0.1) is 6.61 Å². The number of hydrogen-bond donors (Lipinski definition) is 1. The van der Waals surface area contributed by atoms with Gasteiger partial charge in [0, 0.05) is 11.3 Å². The number of carbonyl (C=O) groups is 1. The molecule has 4 rings (SSSR count). The molecule has 0 aliphatic heterocycles. The SMILES string of the molecule is CCOc1ccc(-c2nc(C(N)=O)c3ncn(-c4ccc(C)cc4)c3n2)cc1. The molecular formula is C21H19N5O2. The lowest BCUT2D eigenvalue weighted by Gasteiger charge is -2.08. The number of imidazole rings is 1. The number of primary amides is 1. The Balaban J connectivity index is 1.89. The minimum Gasteiger partial charge on any atom is -0.494 e. The third-order valence-corrected chi connectivity index (χ3v) is 4.37. The zero-order chi connectivity index (χ0) is 19.7.